The Morgan fingerprint density at radius 2 is 1.69 bits per heavy atom. The Balaban J connectivity index is 4.51. The smallest absolute Gasteiger partial charge is 0.323 e. The van der Waals surface area contributed by atoms with Crippen LogP contribution in [-0.2, 0) is 14.3 Å². The van der Waals surface area contributed by atoms with E-state index in [0.29, 0.717) is 12.5 Å². The standard InChI is InChI=1S/C12H25NO3/c1-8(2)10(7-15-5)13-11(9(3)4)12(14)16-6/h8-11,13H,7H2,1-6H3/t10?,11-/m0/s1. The van der Waals surface area contributed by atoms with Crippen LogP contribution in [-0.4, -0.2) is 38.9 Å². The highest BCUT2D eigenvalue weighted by Gasteiger charge is 2.26. The summed E-state index contributed by atoms with van der Waals surface area (Å²) in [6, 6.07) is -0.107. The predicted molar refractivity (Wildman–Crippen MR) is 64.3 cm³/mol. The first-order chi connectivity index (χ1) is 7.43. The van der Waals surface area contributed by atoms with Gasteiger partial charge in [-0.05, 0) is 11.8 Å². The first-order valence-electron chi connectivity index (χ1n) is 5.76. The summed E-state index contributed by atoms with van der Waals surface area (Å²) in [5.41, 5.74) is 0. The van der Waals surface area contributed by atoms with E-state index in [0.717, 1.165) is 0 Å². The van der Waals surface area contributed by atoms with Crippen LogP contribution in [0.2, 0.25) is 0 Å². The number of nitrogens with one attached hydrogen (secondary N) is 1. The normalized spacial score (nSPS) is 15.2. The third kappa shape index (κ3) is 4.94. The van der Waals surface area contributed by atoms with Crippen molar-refractivity contribution < 1.29 is 14.3 Å². The van der Waals surface area contributed by atoms with Gasteiger partial charge in [-0.3, -0.25) is 10.1 Å². The second kappa shape index (κ2) is 7.63. The molecule has 0 aliphatic rings. The molecule has 0 rings (SSSR count). The lowest BCUT2D eigenvalue weighted by molar-refractivity contribution is -0.144. The molecule has 16 heavy (non-hydrogen) atoms. The molecule has 0 aromatic heterocycles. The van der Waals surface area contributed by atoms with Crippen molar-refractivity contribution in [3.05, 3.63) is 0 Å². The fraction of sp³-hybridized carbons (Fsp3) is 0.917. The Kier molecular flexibility index (Phi) is 7.34. The number of esters is 1. The van der Waals surface area contributed by atoms with Crippen LogP contribution in [0.15, 0.2) is 0 Å². The van der Waals surface area contributed by atoms with Crippen molar-refractivity contribution in [2.75, 3.05) is 20.8 Å². The summed E-state index contributed by atoms with van der Waals surface area (Å²) in [6.07, 6.45) is 0. The molecule has 0 aliphatic carbocycles. The maximum atomic E-state index is 11.6. The van der Waals surface area contributed by atoms with Gasteiger partial charge in [0, 0.05) is 13.2 Å². The molecule has 0 aromatic carbocycles. The molecule has 1 unspecified atom stereocenters. The number of carbonyl (C=O) groups is 1. The van der Waals surface area contributed by atoms with Gasteiger partial charge in [-0.1, -0.05) is 27.7 Å². The van der Waals surface area contributed by atoms with Crippen molar-refractivity contribution in [1.29, 1.82) is 0 Å². The van der Waals surface area contributed by atoms with Crippen LogP contribution in [0.25, 0.3) is 0 Å². The van der Waals surface area contributed by atoms with Crippen molar-refractivity contribution in [3.63, 3.8) is 0 Å². The van der Waals surface area contributed by atoms with Crippen LogP contribution in [0.5, 0.6) is 0 Å². The molecule has 0 spiro atoms. The van der Waals surface area contributed by atoms with Gasteiger partial charge in [0.2, 0.25) is 0 Å². The van der Waals surface area contributed by atoms with Crippen LogP contribution < -0.4 is 5.32 Å². The lowest BCUT2D eigenvalue weighted by Gasteiger charge is -2.28. The van der Waals surface area contributed by atoms with Gasteiger partial charge < -0.3 is 9.47 Å². The van der Waals surface area contributed by atoms with E-state index in [4.69, 9.17) is 9.47 Å². The van der Waals surface area contributed by atoms with Crippen molar-refractivity contribution in [2.24, 2.45) is 11.8 Å². The molecular weight excluding hydrogens is 206 g/mol. The van der Waals surface area contributed by atoms with Gasteiger partial charge in [0.15, 0.2) is 0 Å². The Labute approximate surface area is 98.7 Å². The van der Waals surface area contributed by atoms with Crippen molar-refractivity contribution in [3.8, 4) is 0 Å². The van der Waals surface area contributed by atoms with E-state index >= 15 is 0 Å². The van der Waals surface area contributed by atoms with E-state index in [1.807, 2.05) is 13.8 Å². The maximum absolute atomic E-state index is 11.6. The van der Waals surface area contributed by atoms with E-state index in [-0.39, 0.29) is 24.0 Å². The lowest BCUT2D eigenvalue weighted by Crippen LogP contribution is -2.50. The molecule has 0 aromatic rings. The van der Waals surface area contributed by atoms with E-state index in [1.54, 1.807) is 7.11 Å². The zero-order chi connectivity index (χ0) is 12.7. The molecule has 96 valence electrons. The summed E-state index contributed by atoms with van der Waals surface area (Å²) < 4.78 is 9.93. The summed E-state index contributed by atoms with van der Waals surface area (Å²) in [7, 11) is 3.08. The average molecular weight is 231 g/mol. The largest absolute Gasteiger partial charge is 0.468 e. The highest BCUT2D eigenvalue weighted by Crippen LogP contribution is 2.09. The van der Waals surface area contributed by atoms with Gasteiger partial charge in [0.25, 0.3) is 0 Å². The quantitative estimate of drug-likeness (QED) is 0.674. The number of ether oxygens (including phenoxy) is 2. The first kappa shape index (κ1) is 15.4. The summed E-state index contributed by atoms with van der Waals surface area (Å²) in [5.74, 6) is 0.396. The summed E-state index contributed by atoms with van der Waals surface area (Å²) in [5, 5.41) is 3.31. The SMILES string of the molecule is COCC(N[C@H](C(=O)OC)C(C)C)C(C)C. The molecular formula is C12H25NO3. The molecule has 0 amide bonds. The van der Waals surface area contributed by atoms with Gasteiger partial charge in [-0.2, -0.15) is 0 Å². The molecule has 0 saturated carbocycles. The number of rotatable bonds is 7. The van der Waals surface area contributed by atoms with E-state index < -0.39 is 0 Å². The molecule has 0 fully saturated rings. The Bertz CT molecular complexity index is 204. The zero-order valence-corrected chi connectivity index (χ0v) is 11.2. The van der Waals surface area contributed by atoms with Crippen LogP contribution in [0.4, 0.5) is 0 Å². The second-order valence-electron chi connectivity index (χ2n) is 4.72. The third-order valence-electron chi connectivity index (χ3n) is 2.67. The van der Waals surface area contributed by atoms with Crippen LogP contribution in [0, 0.1) is 11.8 Å². The Hall–Kier alpha value is -0.610. The average Bonchev–Trinajstić information content (AvgIpc) is 2.22. The third-order valence-corrected chi connectivity index (χ3v) is 2.67. The van der Waals surface area contributed by atoms with Crippen LogP contribution in [0.1, 0.15) is 27.7 Å². The van der Waals surface area contributed by atoms with Crippen LogP contribution in [0.3, 0.4) is 0 Å². The van der Waals surface area contributed by atoms with Gasteiger partial charge >= 0.3 is 5.97 Å². The molecule has 0 heterocycles. The zero-order valence-electron chi connectivity index (χ0n) is 11.2. The topological polar surface area (TPSA) is 47.6 Å². The van der Waals surface area contributed by atoms with E-state index in [9.17, 15) is 4.79 Å². The summed E-state index contributed by atoms with van der Waals surface area (Å²) in [4.78, 5) is 11.6. The Morgan fingerprint density at radius 3 is 2.00 bits per heavy atom. The second-order valence-corrected chi connectivity index (χ2v) is 4.72. The monoisotopic (exact) mass is 231 g/mol. The molecule has 4 nitrogen and oxygen atoms in total. The van der Waals surface area contributed by atoms with Gasteiger partial charge in [-0.15, -0.1) is 0 Å². The minimum Gasteiger partial charge on any atom is -0.468 e. The fourth-order valence-electron chi connectivity index (χ4n) is 1.50. The van der Waals surface area contributed by atoms with Crippen molar-refractivity contribution in [1.82, 2.24) is 5.32 Å². The minimum atomic E-state index is -0.271. The highest BCUT2D eigenvalue weighted by atomic mass is 16.5. The fourth-order valence-corrected chi connectivity index (χ4v) is 1.50. The minimum absolute atomic E-state index is 0.163. The van der Waals surface area contributed by atoms with Gasteiger partial charge in [0.05, 0.1) is 13.7 Å². The molecule has 1 N–H and O–H groups in total. The van der Waals surface area contributed by atoms with Crippen molar-refractivity contribution in [2.45, 2.75) is 39.8 Å². The Morgan fingerprint density at radius 1 is 1.12 bits per heavy atom. The van der Waals surface area contributed by atoms with E-state index in [1.165, 1.54) is 7.11 Å². The predicted octanol–water partition coefficient (Wildman–Crippen LogP) is 1.44. The molecule has 2 atom stereocenters. The first-order valence-corrected chi connectivity index (χ1v) is 5.76. The summed E-state index contributed by atoms with van der Waals surface area (Å²) in [6.45, 7) is 8.80. The van der Waals surface area contributed by atoms with Crippen LogP contribution >= 0.6 is 0 Å². The highest BCUT2D eigenvalue weighted by molar-refractivity contribution is 5.75. The molecule has 0 aliphatic heterocycles. The van der Waals surface area contributed by atoms with Gasteiger partial charge in [0.1, 0.15) is 6.04 Å². The lowest BCUT2D eigenvalue weighted by atomic mass is 9.99. The molecule has 0 saturated heterocycles. The number of hydrogen-bond acceptors (Lipinski definition) is 4. The summed E-state index contributed by atoms with van der Waals surface area (Å²) >= 11 is 0. The molecule has 4 heteroatoms. The maximum Gasteiger partial charge on any atom is 0.323 e. The van der Waals surface area contributed by atoms with Gasteiger partial charge in [-0.25, -0.2) is 0 Å². The molecule has 0 bridgehead atoms. The number of methoxy groups -OCH3 is 2. The number of carbonyl (C=O) groups excluding carboxylic acids is 1. The van der Waals surface area contributed by atoms with E-state index in [2.05, 4.69) is 19.2 Å². The van der Waals surface area contributed by atoms with Crippen molar-refractivity contribution >= 4 is 5.97 Å². The molecule has 0 radical (unpaired) electrons. The number of hydrogen-bond donors (Lipinski definition) is 1.